The number of benzene rings is 2. The van der Waals surface area contributed by atoms with E-state index >= 15 is 0 Å². The van der Waals surface area contributed by atoms with Gasteiger partial charge in [0.2, 0.25) is 0 Å². The number of anilines is 1. The van der Waals surface area contributed by atoms with Gasteiger partial charge < -0.3 is 0 Å². The zero-order valence-corrected chi connectivity index (χ0v) is 8.88. The summed E-state index contributed by atoms with van der Waals surface area (Å²) < 4.78 is 0. The van der Waals surface area contributed by atoms with E-state index in [4.69, 9.17) is 5.53 Å². The molecule has 3 nitrogen and oxygen atoms in total. The van der Waals surface area contributed by atoms with Gasteiger partial charge >= 0.3 is 0 Å². The normalized spacial score (nSPS) is 9.75. The van der Waals surface area contributed by atoms with E-state index in [1.807, 2.05) is 60.7 Å². The molecule has 2 rings (SSSR count). The molecule has 16 heavy (non-hydrogen) atoms. The molecule has 2 aromatic rings. The third-order valence-electron chi connectivity index (χ3n) is 2.35. The van der Waals surface area contributed by atoms with Crippen molar-refractivity contribution in [2.75, 3.05) is 5.01 Å². The highest BCUT2D eigenvalue weighted by molar-refractivity contribution is 5.45. The molecule has 0 bridgehead atoms. The van der Waals surface area contributed by atoms with Gasteiger partial charge in [0.05, 0.1) is 12.2 Å². The van der Waals surface area contributed by atoms with Gasteiger partial charge in [0.25, 0.3) is 0 Å². The molecular weight excluding hydrogens is 198 g/mol. The molecule has 0 atom stereocenters. The van der Waals surface area contributed by atoms with E-state index in [-0.39, 0.29) is 0 Å². The van der Waals surface area contributed by atoms with Crippen LogP contribution in [0.15, 0.2) is 65.9 Å². The van der Waals surface area contributed by atoms with Crippen LogP contribution >= 0.6 is 0 Å². The highest BCUT2D eigenvalue weighted by atomic mass is 15.5. The van der Waals surface area contributed by atoms with Gasteiger partial charge in [0, 0.05) is 0 Å². The van der Waals surface area contributed by atoms with Crippen LogP contribution in [0.2, 0.25) is 0 Å². The van der Waals surface area contributed by atoms with Crippen LogP contribution in [0.3, 0.4) is 0 Å². The lowest BCUT2D eigenvalue weighted by atomic mass is 10.2. The van der Waals surface area contributed by atoms with Gasteiger partial charge in [0.1, 0.15) is 0 Å². The predicted molar refractivity (Wildman–Crippen MR) is 64.2 cm³/mol. The van der Waals surface area contributed by atoms with E-state index in [0.717, 1.165) is 11.3 Å². The SMILES string of the molecule is N=NN(Cc1ccccc1)c1ccccc1. The van der Waals surface area contributed by atoms with Crippen molar-refractivity contribution in [1.82, 2.24) is 0 Å². The summed E-state index contributed by atoms with van der Waals surface area (Å²) in [6, 6.07) is 19.7. The summed E-state index contributed by atoms with van der Waals surface area (Å²) in [4.78, 5) is 0. The Balaban J connectivity index is 2.16. The van der Waals surface area contributed by atoms with Crippen molar-refractivity contribution in [3.63, 3.8) is 0 Å². The quantitative estimate of drug-likeness (QED) is 0.608. The van der Waals surface area contributed by atoms with Crippen molar-refractivity contribution in [3.8, 4) is 0 Å². The first-order valence-electron chi connectivity index (χ1n) is 5.14. The number of hydrogen-bond donors (Lipinski definition) is 1. The number of nitrogens with zero attached hydrogens (tertiary/aromatic N) is 2. The van der Waals surface area contributed by atoms with Gasteiger partial charge in [-0.25, -0.2) is 5.01 Å². The molecule has 0 spiro atoms. The fourth-order valence-corrected chi connectivity index (χ4v) is 1.54. The van der Waals surface area contributed by atoms with E-state index in [0.29, 0.717) is 6.54 Å². The number of nitrogens with one attached hydrogen (secondary N) is 1. The van der Waals surface area contributed by atoms with Crippen LogP contribution in [-0.4, -0.2) is 0 Å². The van der Waals surface area contributed by atoms with Crippen LogP contribution in [0.5, 0.6) is 0 Å². The summed E-state index contributed by atoms with van der Waals surface area (Å²) in [7, 11) is 0. The standard InChI is InChI=1S/C13H13N3/c14-15-16(13-9-5-2-6-10-13)11-12-7-3-1-4-8-12/h1-10,14H,11H2. The Morgan fingerprint density at radius 2 is 1.44 bits per heavy atom. The fraction of sp³-hybridized carbons (Fsp3) is 0.0769. The summed E-state index contributed by atoms with van der Waals surface area (Å²) >= 11 is 0. The largest absolute Gasteiger partial charge is 0.243 e. The molecule has 0 aliphatic carbocycles. The van der Waals surface area contributed by atoms with Crippen LogP contribution in [0.1, 0.15) is 5.56 Å². The first kappa shape index (κ1) is 10.4. The molecule has 2 aromatic carbocycles. The maximum atomic E-state index is 7.20. The summed E-state index contributed by atoms with van der Waals surface area (Å²) in [5, 5.41) is 5.20. The van der Waals surface area contributed by atoms with Crippen molar-refractivity contribution in [3.05, 3.63) is 66.2 Å². The van der Waals surface area contributed by atoms with Gasteiger partial charge in [-0.2, -0.15) is 5.53 Å². The van der Waals surface area contributed by atoms with Crippen molar-refractivity contribution in [2.45, 2.75) is 6.54 Å². The van der Waals surface area contributed by atoms with Crippen molar-refractivity contribution in [1.29, 1.82) is 5.53 Å². The molecule has 0 heterocycles. The second-order valence-corrected chi connectivity index (χ2v) is 3.48. The summed E-state index contributed by atoms with van der Waals surface area (Å²) in [5.74, 6) is 0. The highest BCUT2D eigenvalue weighted by Gasteiger charge is 2.04. The lowest BCUT2D eigenvalue weighted by Crippen LogP contribution is -2.14. The van der Waals surface area contributed by atoms with Crippen LogP contribution in [0.4, 0.5) is 5.69 Å². The highest BCUT2D eigenvalue weighted by Crippen LogP contribution is 2.16. The van der Waals surface area contributed by atoms with Gasteiger partial charge in [-0.05, 0) is 17.7 Å². The minimum Gasteiger partial charge on any atom is -0.243 e. The topological polar surface area (TPSA) is 39.5 Å². The van der Waals surface area contributed by atoms with Crippen LogP contribution in [0, 0.1) is 5.53 Å². The first-order chi connectivity index (χ1) is 7.90. The molecule has 0 aliphatic rings. The maximum absolute atomic E-state index is 7.20. The minimum absolute atomic E-state index is 0.619. The molecule has 0 amide bonds. The van der Waals surface area contributed by atoms with Gasteiger partial charge in [0.15, 0.2) is 0 Å². The van der Waals surface area contributed by atoms with E-state index < -0.39 is 0 Å². The smallest absolute Gasteiger partial charge is 0.0683 e. The predicted octanol–water partition coefficient (Wildman–Crippen LogP) is 3.64. The molecule has 3 heteroatoms. The fourth-order valence-electron chi connectivity index (χ4n) is 1.54. The maximum Gasteiger partial charge on any atom is 0.0683 e. The van der Waals surface area contributed by atoms with Crippen molar-refractivity contribution < 1.29 is 0 Å². The van der Waals surface area contributed by atoms with E-state index in [1.54, 1.807) is 5.01 Å². The number of hydrogen-bond acceptors (Lipinski definition) is 2. The van der Waals surface area contributed by atoms with E-state index in [1.165, 1.54) is 0 Å². The molecular formula is C13H13N3. The Kier molecular flexibility index (Phi) is 3.28. The molecule has 0 radical (unpaired) electrons. The average Bonchev–Trinajstić information content (AvgIpc) is 2.38. The minimum atomic E-state index is 0.619. The Morgan fingerprint density at radius 1 is 0.875 bits per heavy atom. The number of rotatable bonds is 4. The van der Waals surface area contributed by atoms with Gasteiger partial charge in [-0.3, -0.25) is 0 Å². The van der Waals surface area contributed by atoms with Crippen LogP contribution in [0.25, 0.3) is 0 Å². The summed E-state index contributed by atoms with van der Waals surface area (Å²) in [5.41, 5.74) is 9.27. The van der Waals surface area contributed by atoms with Crippen molar-refractivity contribution >= 4 is 5.69 Å². The van der Waals surface area contributed by atoms with Gasteiger partial charge in [-0.15, -0.1) is 0 Å². The van der Waals surface area contributed by atoms with E-state index in [9.17, 15) is 0 Å². The lowest BCUT2D eigenvalue weighted by molar-refractivity contribution is 0.775. The Hall–Kier alpha value is -2.16. The van der Waals surface area contributed by atoms with E-state index in [2.05, 4.69) is 5.22 Å². The zero-order chi connectivity index (χ0) is 11.2. The van der Waals surface area contributed by atoms with Crippen molar-refractivity contribution in [2.24, 2.45) is 5.22 Å². The Morgan fingerprint density at radius 3 is 2.00 bits per heavy atom. The molecule has 0 fully saturated rings. The average molecular weight is 211 g/mol. The second-order valence-electron chi connectivity index (χ2n) is 3.48. The third kappa shape index (κ3) is 2.45. The molecule has 0 saturated carbocycles. The molecule has 80 valence electrons. The molecule has 0 aromatic heterocycles. The third-order valence-corrected chi connectivity index (χ3v) is 2.35. The molecule has 0 unspecified atom stereocenters. The Bertz CT molecular complexity index is 439. The summed E-state index contributed by atoms with van der Waals surface area (Å²) in [6.07, 6.45) is 0. The number of para-hydroxylation sites is 1. The molecule has 0 aliphatic heterocycles. The van der Waals surface area contributed by atoms with Gasteiger partial charge in [-0.1, -0.05) is 53.8 Å². The van der Waals surface area contributed by atoms with Crippen LogP contribution < -0.4 is 5.01 Å². The molecule has 1 N–H and O–H groups in total. The lowest BCUT2D eigenvalue weighted by Gasteiger charge is -2.16. The Labute approximate surface area is 94.8 Å². The molecule has 0 saturated heterocycles. The first-order valence-corrected chi connectivity index (χ1v) is 5.14. The van der Waals surface area contributed by atoms with Crippen LogP contribution in [-0.2, 0) is 6.54 Å². The summed E-state index contributed by atoms with van der Waals surface area (Å²) in [6.45, 7) is 0.619. The zero-order valence-electron chi connectivity index (χ0n) is 8.88. The second kappa shape index (κ2) is 5.07. The monoisotopic (exact) mass is 211 g/mol.